The van der Waals surface area contributed by atoms with E-state index in [-0.39, 0.29) is 82.8 Å². The summed E-state index contributed by atoms with van der Waals surface area (Å²) in [7, 11) is 0. The maximum absolute atomic E-state index is 6.25. The molecular weight excluding hydrogens is 357 g/mol. The first-order valence-electron chi connectivity index (χ1n) is 2.34. The van der Waals surface area contributed by atoms with Crippen molar-refractivity contribution in [1.82, 2.24) is 0 Å². The van der Waals surface area contributed by atoms with Gasteiger partial charge in [0, 0.05) is 0 Å². The van der Waals surface area contributed by atoms with Gasteiger partial charge in [0.05, 0.1) is 0 Å². The van der Waals surface area contributed by atoms with Gasteiger partial charge in [-0.3, -0.25) is 0 Å². The zero-order valence-corrected chi connectivity index (χ0v) is 20.0. The van der Waals surface area contributed by atoms with E-state index in [9.17, 15) is 0 Å². The molecule has 18 heavy (non-hydrogen) atoms. The van der Waals surface area contributed by atoms with Crippen LogP contribution in [0.15, 0.2) is 0 Å². The second-order valence-electron chi connectivity index (χ2n) is 0. The number of rotatable bonds is 0. The summed E-state index contributed by atoms with van der Waals surface area (Å²) < 4.78 is 0. The Labute approximate surface area is 210 Å². The third-order valence-corrected chi connectivity index (χ3v) is 0. The molecule has 0 rings (SSSR count). The van der Waals surface area contributed by atoms with Crippen LogP contribution in [0.3, 0.4) is 0 Å². The van der Waals surface area contributed by atoms with Gasteiger partial charge in [-0.05, 0) is 0 Å². The zero-order chi connectivity index (χ0) is 14.0. The molecular formula is C7H7FeK3N6O. The van der Waals surface area contributed by atoms with E-state index < -0.39 is 0 Å². The van der Waals surface area contributed by atoms with Gasteiger partial charge in [0.1, 0.15) is 0 Å². The van der Waals surface area contributed by atoms with Gasteiger partial charge >= 0.3 is 132 Å². The molecule has 0 aromatic rings. The molecule has 0 heterocycles. The van der Waals surface area contributed by atoms with Gasteiger partial charge in [-0.15, -0.1) is 0 Å². The van der Waals surface area contributed by atoms with Crippen molar-refractivity contribution in [2.24, 2.45) is 0 Å². The van der Waals surface area contributed by atoms with Crippen LogP contribution in [0.25, 0.3) is 0 Å². The molecule has 0 saturated carbocycles. The van der Waals surface area contributed by atoms with E-state index in [2.05, 4.69) is 0 Å². The molecule has 0 amide bonds. The van der Waals surface area contributed by atoms with E-state index in [0.29, 0.717) is 0 Å². The number of nitrogens with zero attached hydrogens (tertiary/aromatic N) is 6. The van der Waals surface area contributed by atoms with Crippen molar-refractivity contribution < 1.29 is 75.4 Å². The van der Waals surface area contributed by atoms with Gasteiger partial charge in [-0.1, -0.05) is 7.43 Å². The van der Waals surface area contributed by atoms with Crippen LogP contribution in [0.4, 0.5) is 0 Å². The maximum atomic E-state index is 6.25. The molecule has 0 saturated heterocycles. The Bertz CT molecular complexity index is 116. The summed E-state index contributed by atoms with van der Waals surface area (Å²) in [6.07, 6.45) is 0. The first-order valence-corrected chi connectivity index (χ1v) is 18.3. The number of hydrogen-bond acceptors (Lipinski definition) is 6. The van der Waals surface area contributed by atoms with Crippen LogP contribution in [0, 0.1) is 71.0 Å². The quantitative estimate of drug-likeness (QED) is 0.322. The normalized spacial score (nSPS) is 1.11. The Kier molecular flexibility index (Phi) is 5810. The Morgan fingerprint density at radius 1 is 0.556 bits per heavy atom. The molecule has 11 heteroatoms. The molecule has 7 nitrogen and oxygen atoms in total. The summed E-state index contributed by atoms with van der Waals surface area (Å²) in [5.41, 5.74) is 0. The molecule has 0 unspecified atom stereocenters. The zero-order valence-electron chi connectivity index (χ0n) is 10.5. The van der Waals surface area contributed by atoms with E-state index in [1.807, 2.05) is 0 Å². The van der Waals surface area contributed by atoms with Crippen molar-refractivity contribution in [1.29, 1.82) is 31.6 Å². The topological polar surface area (TPSA) is 174 Å². The Balaban J connectivity index is -0.00000000288. The van der Waals surface area contributed by atoms with Crippen LogP contribution in [0.5, 0.6) is 0 Å². The Hall–Kier alpha value is 2.33. The van der Waals surface area contributed by atoms with E-state index >= 15 is 0 Å². The molecule has 0 radical (unpaired) electrons. The molecule has 0 aliphatic heterocycles. The van der Waals surface area contributed by atoms with Crippen LogP contribution in [-0.4, -0.2) is 68.6 Å². The minimum absolute atomic E-state index is 0. The molecule has 0 atom stereocenters. The predicted molar refractivity (Wildman–Crippen MR) is 52.8 cm³/mol. The van der Waals surface area contributed by atoms with Crippen LogP contribution < -0.4 is 51.4 Å². The van der Waals surface area contributed by atoms with Gasteiger partial charge < -0.3 is 77.9 Å². The summed E-state index contributed by atoms with van der Waals surface area (Å²) in [6.45, 7) is 28.5. The molecule has 0 aliphatic rings. The summed E-state index contributed by atoms with van der Waals surface area (Å²) in [5.74, 6) is 0. The van der Waals surface area contributed by atoms with Crippen molar-refractivity contribution >= 4 is 63.2 Å². The fourth-order valence-electron chi connectivity index (χ4n) is 0. The fourth-order valence-corrected chi connectivity index (χ4v) is 0. The van der Waals surface area contributed by atoms with E-state index in [4.69, 9.17) is 71.0 Å². The molecule has 0 aliphatic carbocycles. The summed E-state index contributed by atoms with van der Waals surface area (Å²) in [4.78, 5) is 0. The summed E-state index contributed by atoms with van der Waals surface area (Å²) in [5, 5.41) is 37.5. The van der Waals surface area contributed by atoms with Crippen molar-refractivity contribution in [3.63, 3.8) is 0 Å². The Morgan fingerprint density at radius 3 is 0.556 bits per heavy atom. The van der Waals surface area contributed by atoms with Crippen LogP contribution in [-0.2, 0) is 17.1 Å². The van der Waals surface area contributed by atoms with Gasteiger partial charge in [0.2, 0.25) is 0 Å². The van der Waals surface area contributed by atoms with Crippen molar-refractivity contribution in [3.8, 4) is 0 Å². The molecule has 0 fully saturated rings. The first-order chi connectivity index (χ1) is 7.00. The van der Waals surface area contributed by atoms with E-state index in [0.717, 1.165) is 0 Å². The average molecular weight is 364 g/mol. The number of hydrogen-bond donors (Lipinski definition) is 0. The average Bonchev–Trinajstić information content (AvgIpc) is 2.45. The molecule has 0 spiro atoms. The Morgan fingerprint density at radius 2 is 0.556 bits per heavy atom. The predicted octanol–water partition coefficient (Wildman–Crippen LogP) is -3.26. The fraction of sp³-hybridized carbons (Fsp3) is 0.143. The summed E-state index contributed by atoms with van der Waals surface area (Å²) in [6, 6.07) is 0. The third-order valence-electron chi connectivity index (χ3n) is 0. The van der Waals surface area contributed by atoms with Gasteiger partial charge in [-0.25, -0.2) is 0 Å². The van der Waals surface area contributed by atoms with Crippen LogP contribution in [0.2, 0.25) is 0 Å². The molecule has 0 aromatic carbocycles. The van der Waals surface area contributed by atoms with Crippen LogP contribution in [0.1, 0.15) is 8.85 Å². The third kappa shape index (κ3) is 1020. The van der Waals surface area contributed by atoms with Crippen molar-refractivity contribution in [2.75, 3.05) is 0 Å². The molecule has 0 bridgehead atoms. The minimum atomic E-state index is 0. The standard InChI is InChI=1S/6CN.CH4.Fe.3K.H2O.H/c6*1-2;;;;;;;/h;;;;;;1H4;;;;;1H2;/q6*-1;;+6;;;+1;;-1. The van der Waals surface area contributed by atoms with Crippen molar-refractivity contribution in [2.45, 2.75) is 7.43 Å². The second kappa shape index (κ2) is 1200. The summed E-state index contributed by atoms with van der Waals surface area (Å²) >= 11 is 2.50. The second-order valence-corrected chi connectivity index (χ2v) is 0. The van der Waals surface area contributed by atoms with E-state index in [1.165, 1.54) is 63.2 Å². The van der Waals surface area contributed by atoms with Gasteiger partial charge in [0.15, 0.2) is 0 Å². The SMILES string of the molecule is C.O.[C-]#N.[C-]#N.[C-]#N.[C-]#N.[C-]#N.[C-]#N.[Fe+6].[H-].[K+].[K][K]. The van der Waals surface area contributed by atoms with Crippen molar-refractivity contribution in [3.05, 3.63) is 39.4 Å². The van der Waals surface area contributed by atoms with E-state index in [1.54, 1.807) is 0 Å². The monoisotopic (exact) mass is 364 g/mol. The first kappa shape index (κ1) is 87.3. The van der Waals surface area contributed by atoms with Crippen LogP contribution >= 0.6 is 0 Å². The van der Waals surface area contributed by atoms with Gasteiger partial charge in [-0.2, -0.15) is 0 Å². The molecule has 82 valence electrons. The van der Waals surface area contributed by atoms with Gasteiger partial charge in [0.25, 0.3) is 0 Å². The molecule has 2 N–H and O–H groups in total. The molecule has 0 aromatic heterocycles.